The molecule has 7 rings (SSSR count). The summed E-state index contributed by atoms with van der Waals surface area (Å²) in [6.07, 6.45) is 7.37. The fraction of sp³-hybridized carbons (Fsp3) is 0.400. The molecule has 2 aromatic rings. The van der Waals surface area contributed by atoms with Gasteiger partial charge in [0.2, 0.25) is 0 Å². The molecule has 184 valence electrons. The van der Waals surface area contributed by atoms with Gasteiger partial charge in [0, 0.05) is 60.8 Å². The number of hydrogen-bond acceptors (Lipinski definition) is 4. The van der Waals surface area contributed by atoms with E-state index in [1.54, 1.807) is 0 Å². The molecule has 0 aliphatic carbocycles. The summed E-state index contributed by atoms with van der Waals surface area (Å²) in [5.41, 5.74) is 2.62. The van der Waals surface area contributed by atoms with Gasteiger partial charge >= 0.3 is 0 Å². The maximum Gasteiger partial charge on any atom is 0.254 e. The van der Waals surface area contributed by atoms with Crippen molar-refractivity contribution in [3.8, 4) is 0 Å². The van der Waals surface area contributed by atoms with E-state index in [4.69, 9.17) is 0 Å². The number of anilines is 2. The lowest BCUT2D eigenvalue weighted by atomic mass is 9.70. The molecule has 4 atom stereocenters. The lowest BCUT2D eigenvalue weighted by Crippen LogP contribution is -2.78. The molecule has 4 unspecified atom stereocenters. The van der Waals surface area contributed by atoms with E-state index in [2.05, 4.69) is 59.4 Å². The Morgan fingerprint density at radius 2 is 1.14 bits per heavy atom. The average Bonchev–Trinajstić information content (AvgIpc) is 3.67. The van der Waals surface area contributed by atoms with Gasteiger partial charge in [-0.3, -0.25) is 19.4 Å². The molecule has 2 amide bonds. The molecule has 36 heavy (non-hydrogen) atoms. The van der Waals surface area contributed by atoms with Crippen molar-refractivity contribution in [2.75, 3.05) is 36.0 Å². The number of para-hydroxylation sites is 2. The van der Waals surface area contributed by atoms with Gasteiger partial charge in [-0.05, 0) is 37.8 Å². The highest BCUT2D eigenvalue weighted by Crippen LogP contribution is 2.63. The van der Waals surface area contributed by atoms with Crippen LogP contribution in [0.15, 0.2) is 73.8 Å². The van der Waals surface area contributed by atoms with E-state index < -0.39 is 11.1 Å². The third-order valence-electron chi connectivity index (χ3n) is 9.35. The van der Waals surface area contributed by atoms with Gasteiger partial charge in [-0.1, -0.05) is 48.6 Å². The number of carbonyl (C=O) groups excluding carboxylic acids is 2. The van der Waals surface area contributed by atoms with E-state index in [1.807, 2.05) is 34.1 Å². The Balaban J connectivity index is 1.49. The minimum atomic E-state index is -0.774. The first-order valence-electron chi connectivity index (χ1n) is 13.2. The largest absolute Gasteiger partial charge is 0.306 e. The van der Waals surface area contributed by atoms with Gasteiger partial charge in [0.25, 0.3) is 11.8 Å². The van der Waals surface area contributed by atoms with Crippen molar-refractivity contribution in [2.24, 2.45) is 0 Å². The van der Waals surface area contributed by atoms with Crippen LogP contribution in [0.25, 0.3) is 0 Å². The normalized spacial score (nSPS) is 32.8. The van der Waals surface area contributed by atoms with Gasteiger partial charge in [-0.25, -0.2) is 0 Å². The molecule has 6 nitrogen and oxygen atoms in total. The van der Waals surface area contributed by atoms with E-state index in [0.29, 0.717) is 13.1 Å². The lowest BCUT2D eigenvalue weighted by molar-refractivity contribution is -0.171. The first-order chi connectivity index (χ1) is 17.6. The standard InChI is InChI=1S/C30H32N4O2/c1-3-17-31-23-13-7-5-11-21(23)29(27(31)35)25-15-9-20-34(25)30(26-16-10-19-33(26)29)22-12-6-8-14-24(22)32(18-4-2)28(30)36/h3-8,11-14,25-26H,1-2,9-10,15-20H2. The molecule has 2 spiro atoms. The van der Waals surface area contributed by atoms with Crippen molar-refractivity contribution >= 4 is 23.2 Å². The van der Waals surface area contributed by atoms with Crippen molar-refractivity contribution in [1.82, 2.24) is 9.80 Å². The topological polar surface area (TPSA) is 47.1 Å². The molecular formula is C30H32N4O2. The number of piperazine rings is 1. The Morgan fingerprint density at radius 3 is 1.56 bits per heavy atom. The predicted molar refractivity (Wildman–Crippen MR) is 141 cm³/mol. The maximum atomic E-state index is 14.6. The highest BCUT2D eigenvalue weighted by Gasteiger charge is 2.75. The van der Waals surface area contributed by atoms with Crippen LogP contribution in [0.5, 0.6) is 0 Å². The first-order valence-corrected chi connectivity index (χ1v) is 13.2. The summed E-state index contributed by atoms with van der Waals surface area (Å²) < 4.78 is 0. The zero-order valence-electron chi connectivity index (χ0n) is 20.6. The van der Waals surface area contributed by atoms with Crippen LogP contribution in [0.3, 0.4) is 0 Å². The van der Waals surface area contributed by atoms with Gasteiger partial charge in [0.05, 0.1) is 0 Å². The molecular weight excluding hydrogens is 448 g/mol. The van der Waals surface area contributed by atoms with Gasteiger partial charge in [0.15, 0.2) is 0 Å². The Hall–Kier alpha value is -3.22. The fourth-order valence-electron chi connectivity index (χ4n) is 8.37. The smallest absolute Gasteiger partial charge is 0.254 e. The molecule has 0 N–H and O–H groups in total. The summed E-state index contributed by atoms with van der Waals surface area (Å²) in [6.45, 7) is 10.5. The van der Waals surface area contributed by atoms with Crippen LogP contribution in [0.2, 0.25) is 0 Å². The Bertz CT molecular complexity index is 1180. The molecule has 0 radical (unpaired) electrons. The quantitative estimate of drug-likeness (QED) is 0.625. The Kier molecular flexibility index (Phi) is 4.67. The molecule has 0 aromatic heterocycles. The van der Waals surface area contributed by atoms with E-state index in [0.717, 1.165) is 61.3 Å². The second-order valence-electron chi connectivity index (χ2n) is 10.7. The maximum absolute atomic E-state index is 14.6. The summed E-state index contributed by atoms with van der Waals surface area (Å²) >= 11 is 0. The fourth-order valence-corrected chi connectivity index (χ4v) is 8.37. The van der Waals surface area contributed by atoms with Gasteiger partial charge < -0.3 is 9.80 Å². The number of fused-ring (bicyclic) bond motifs is 10. The van der Waals surface area contributed by atoms with Crippen LogP contribution in [-0.2, 0) is 20.7 Å². The van der Waals surface area contributed by atoms with Crippen LogP contribution in [0.4, 0.5) is 11.4 Å². The number of nitrogens with zero attached hydrogens (tertiary/aromatic N) is 4. The van der Waals surface area contributed by atoms with Crippen molar-refractivity contribution in [1.29, 1.82) is 0 Å². The zero-order chi connectivity index (χ0) is 24.7. The van der Waals surface area contributed by atoms with Crippen molar-refractivity contribution < 1.29 is 9.59 Å². The monoisotopic (exact) mass is 480 g/mol. The van der Waals surface area contributed by atoms with E-state index >= 15 is 0 Å². The number of amides is 2. The molecule has 5 heterocycles. The van der Waals surface area contributed by atoms with Crippen LogP contribution in [-0.4, -0.2) is 59.9 Å². The predicted octanol–water partition coefficient (Wildman–Crippen LogP) is 3.79. The average molecular weight is 481 g/mol. The lowest BCUT2D eigenvalue weighted by Gasteiger charge is -2.60. The number of rotatable bonds is 4. The van der Waals surface area contributed by atoms with E-state index in [1.165, 1.54) is 0 Å². The summed E-state index contributed by atoms with van der Waals surface area (Å²) in [5.74, 6) is 0.285. The molecule has 5 aliphatic heterocycles. The van der Waals surface area contributed by atoms with Gasteiger partial charge in [0.1, 0.15) is 11.1 Å². The summed E-state index contributed by atoms with van der Waals surface area (Å²) in [7, 11) is 0. The second kappa shape index (κ2) is 7.64. The van der Waals surface area contributed by atoms with E-state index in [9.17, 15) is 9.59 Å². The van der Waals surface area contributed by atoms with Crippen LogP contribution < -0.4 is 9.80 Å². The number of benzene rings is 2. The van der Waals surface area contributed by atoms with Gasteiger partial charge in [-0.15, -0.1) is 13.2 Å². The Labute approximate surface area is 212 Å². The van der Waals surface area contributed by atoms with Crippen molar-refractivity contribution in [3.05, 3.63) is 85.0 Å². The minimum absolute atomic E-state index is 0.0731. The van der Waals surface area contributed by atoms with Crippen LogP contribution in [0, 0.1) is 0 Å². The number of carbonyl (C=O) groups is 2. The first kappa shape index (κ1) is 22.0. The summed E-state index contributed by atoms with van der Waals surface area (Å²) in [6, 6.07) is 16.4. The summed E-state index contributed by atoms with van der Waals surface area (Å²) in [4.78, 5) is 38.0. The van der Waals surface area contributed by atoms with Crippen LogP contribution in [0.1, 0.15) is 36.8 Å². The molecule has 3 fully saturated rings. The van der Waals surface area contributed by atoms with Crippen LogP contribution >= 0.6 is 0 Å². The highest BCUT2D eigenvalue weighted by molar-refractivity contribution is 6.11. The zero-order valence-corrected chi connectivity index (χ0v) is 20.6. The molecule has 0 bridgehead atoms. The molecule has 2 aromatic carbocycles. The SMILES string of the molecule is C=CCN1C(=O)C2(c3ccccc31)C1CCCN1C1(C(=O)N(CC=C)c3ccccc31)C1CCCN12. The minimum Gasteiger partial charge on any atom is -0.306 e. The van der Waals surface area contributed by atoms with Crippen molar-refractivity contribution in [3.63, 3.8) is 0 Å². The summed E-state index contributed by atoms with van der Waals surface area (Å²) in [5, 5.41) is 0. The van der Waals surface area contributed by atoms with Crippen molar-refractivity contribution in [2.45, 2.75) is 48.8 Å². The molecule has 6 heteroatoms. The molecule has 3 saturated heterocycles. The third kappa shape index (κ3) is 2.31. The third-order valence-corrected chi connectivity index (χ3v) is 9.35. The Morgan fingerprint density at radius 1 is 0.722 bits per heavy atom. The molecule has 5 aliphatic rings. The number of hydrogen-bond donors (Lipinski definition) is 0. The second-order valence-corrected chi connectivity index (χ2v) is 10.7. The van der Waals surface area contributed by atoms with Gasteiger partial charge in [-0.2, -0.15) is 0 Å². The highest BCUT2D eigenvalue weighted by atomic mass is 16.2. The molecule has 0 saturated carbocycles. The van der Waals surface area contributed by atoms with E-state index in [-0.39, 0.29) is 23.9 Å².